The van der Waals surface area contributed by atoms with E-state index in [0.29, 0.717) is 23.1 Å². The van der Waals surface area contributed by atoms with Gasteiger partial charge >= 0.3 is 0 Å². The average molecular weight is 603 g/mol. The molecule has 3 aromatic carbocycles. The number of hydrogen-bond acceptors (Lipinski definition) is 4. The van der Waals surface area contributed by atoms with Crippen molar-refractivity contribution in [2.24, 2.45) is 4.99 Å². The molecule has 0 amide bonds. The minimum atomic E-state index is 0. The van der Waals surface area contributed by atoms with Crippen LogP contribution in [0.2, 0.25) is 10.0 Å². The van der Waals surface area contributed by atoms with Gasteiger partial charge in [0.1, 0.15) is 11.5 Å². The molecule has 3 aromatic rings. The van der Waals surface area contributed by atoms with Crippen molar-refractivity contribution in [3.05, 3.63) is 87.9 Å². The molecule has 170 valence electrons. The van der Waals surface area contributed by atoms with Crippen molar-refractivity contribution in [1.29, 1.82) is 0 Å². The summed E-state index contributed by atoms with van der Waals surface area (Å²) in [6, 6.07) is 21.5. The molecule has 0 radical (unpaired) electrons. The van der Waals surface area contributed by atoms with Gasteiger partial charge in [0.05, 0.1) is 30.0 Å². The molecule has 4 nitrogen and oxygen atoms in total. The zero-order chi connectivity index (χ0) is 22.2. The van der Waals surface area contributed by atoms with E-state index in [9.17, 15) is 0 Å². The maximum Gasteiger partial charge on any atom is 0.164 e. The van der Waals surface area contributed by atoms with Crippen molar-refractivity contribution in [2.45, 2.75) is 13.1 Å². The molecule has 32 heavy (non-hydrogen) atoms. The molecule has 0 aliphatic carbocycles. The number of methoxy groups -OCH3 is 2. The van der Waals surface area contributed by atoms with Crippen molar-refractivity contribution in [2.75, 3.05) is 20.5 Å². The van der Waals surface area contributed by atoms with E-state index in [1.807, 2.05) is 36.6 Å². The summed E-state index contributed by atoms with van der Waals surface area (Å²) in [7, 11) is 3.33. The number of hydrogen-bond donors (Lipinski definition) is 0. The number of thioether (sulfide) groups is 1. The Labute approximate surface area is 220 Å². The SMILES string of the molecule is COc1ccc(CN(Cc2ccc(OC)cc2)C(=Nc2ccc(Cl)c(Cl)c2)SC)cc1.I. The van der Waals surface area contributed by atoms with E-state index in [0.717, 1.165) is 33.5 Å². The largest absolute Gasteiger partial charge is 0.497 e. The van der Waals surface area contributed by atoms with E-state index >= 15 is 0 Å². The Balaban J connectivity index is 0.00000363. The average Bonchev–Trinajstić information content (AvgIpc) is 2.80. The first-order valence-corrected chi connectivity index (χ1v) is 11.6. The highest BCUT2D eigenvalue weighted by atomic mass is 127. The van der Waals surface area contributed by atoms with Gasteiger partial charge in [0.2, 0.25) is 0 Å². The molecular formula is C24H25Cl2IN2O2S. The summed E-state index contributed by atoms with van der Waals surface area (Å²) in [6.45, 7) is 1.38. The van der Waals surface area contributed by atoms with Gasteiger partial charge in [-0.1, -0.05) is 59.2 Å². The van der Waals surface area contributed by atoms with Crippen LogP contribution in [0.1, 0.15) is 11.1 Å². The lowest BCUT2D eigenvalue weighted by atomic mass is 10.1. The maximum atomic E-state index is 6.19. The first kappa shape index (κ1) is 26.6. The number of rotatable bonds is 7. The van der Waals surface area contributed by atoms with Gasteiger partial charge in [-0.15, -0.1) is 24.0 Å². The van der Waals surface area contributed by atoms with Gasteiger partial charge in [-0.05, 0) is 59.8 Å². The fourth-order valence-electron chi connectivity index (χ4n) is 3.00. The van der Waals surface area contributed by atoms with Crippen LogP contribution < -0.4 is 9.47 Å². The second-order valence-corrected chi connectivity index (χ2v) is 8.34. The second kappa shape index (κ2) is 13.2. The van der Waals surface area contributed by atoms with Gasteiger partial charge in [-0.25, -0.2) is 4.99 Å². The van der Waals surface area contributed by atoms with Gasteiger partial charge < -0.3 is 14.4 Å². The molecule has 0 heterocycles. The number of benzene rings is 3. The van der Waals surface area contributed by atoms with Gasteiger partial charge in [-0.2, -0.15) is 0 Å². The minimum Gasteiger partial charge on any atom is -0.497 e. The van der Waals surface area contributed by atoms with E-state index in [-0.39, 0.29) is 24.0 Å². The first-order valence-electron chi connectivity index (χ1n) is 9.61. The van der Waals surface area contributed by atoms with E-state index < -0.39 is 0 Å². The van der Waals surface area contributed by atoms with Crippen molar-refractivity contribution < 1.29 is 9.47 Å². The van der Waals surface area contributed by atoms with Crippen LogP contribution in [0.4, 0.5) is 5.69 Å². The number of halogens is 3. The fourth-order valence-corrected chi connectivity index (χ4v) is 3.88. The third-order valence-corrected chi connectivity index (χ3v) is 6.10. The molecule has 0 aliphatic heterocycles. The van der Waals surface area contributed by atoms with Crippen LogP contribution in [0.3, 0.4) is 0 Å². The Bertz CT molecular complexity index is 982. The van der Waals surface area contributed by atoms with E-state index in [2.05, 4.69) is 29.2 Å². The highest BCUT2D eigenvalue weighted by molar-refractivity contribution is 14.0. The third-order valence-electron chi connectivity index (χ3n) is 4.65. The maximum absolute atomic E-state index is 6.19. The topological polar surface area (TPSA) is 34.1 Å². The summed E-state index contributed by atoms with van der Waals surface area (Å²) in [5.74, 6) is 1.67. The number of nitrogens with zero attached hydrogens (tertiary/aromatic N) is 2. The van der Waals surface area contributed by atoms with Crippen LogP contribution >= 0.6 is 58.9 Å². The molecule has 0 atom stereocenters. The van der Waals surface area contributed by atoms with E-state index in [1.165, 1.54) is 0 Å². The Kier molecular flexibility index (Phi) is 11.0. The van der Waals surface area contributed by atoms with E-state index in [1.54, 1.807) is 38.1 Å². The van der Waals surface area contributed by atoms with Crippen LogP contribution in [0.15, 0.2) is 71.7 Å². The Hall–Kier alpha value is -1.61. The molecule has 3 rings (SSSR count). The number of ether oxygens (including phenoxy) is 2. The summed E-state index contributed by atoms with van der Waals surface area (Å²) in [5, 5.41) is 1.88. The molecule has 0 saturated carbocycles. The predicted molar refractivity (Wildman–Crippen MR) is 148 cm³/mol. The van der Waals surface area contributed by atoms with Crippen molar-refractivity contribution in [3.63, 3.8) is 0 Å². The molecule has 0 fully saturated rings. The molecule has 0 aromatic heterocycles. The van der Waals surface area contributed by atoms with Crippen molar-refractivity contribution in [3.8, 4) is 11.5 Å². The standard InChI is InChI=1S/C24H24Cl2N2O2S.HI/c1-29-20-9-4-17(5-10-20)15-28(16-18-6-11-21(30-2)12-7-18)24(31-3)27-19-8-13-22(25)23(26)14-19;/h4-14H,15-16H2,1-3H3;1H. The molecular weight excluding hydrogens is 578 g/mol. The second-order valence-electron chi connectivity index (χ2n) is 6.75. The summed E-state index contributed by atoms with van der Waals surface area (Å²) in [5.41, 5.74) is 3.07. The summed E-state index contributed by atoms with van der Waals surface area (Å²) < 4.78 is 10.6. The Morgan fingerprint density at radius 1 is 0.812 bits per heavy atom. The summed E-state index contributed by atoms with van der Waals surface area (Å²) in [6.07, 6.45) is 2.02. The predicted octanol–water partition coefficient (Wildman–Crippen LogP) is 7.68. The monoisotopic (exact) mass is 602 g/mol. The minimum absolute atomic E-state index is 0. The van der Waals surface area contributed by atoms with E-state index in [4.69, 9.17) is 37.7 Å². The first-order chi connectivity index (χ1) is 15.0. The highest BCUT2D eigenvalue weighted by Gasteiger charge is 2.14. The Morgan fingerprint density at radius 3 is 1.72 bits per heavy atom. The lowest BCUT2D eigenvalue weighted by molar-refractivity contribution is 0.405. The summed E-state index contributed by atoms with van der Waals surface area (Å²) in [4.78, 5) is 7.09. The zero-order valence-electron chi connectivity index (χ0n) is 18.0. The van der Waals surface area contributed by atoms with Gasteiger partial charge in [0.15, 0.2) is 5.17 Å². The number of amidine groups is 1. The van der Waals surface area contributed by atoms with Crippen LogP contribution in [-0.4, -0.2) is 30.5 Å². The van der Waals surface area contributed by atoms with Gasteiger partial charge in [-0.3, -0.25) is 0 Å². The molecule has 0 aliphatic rings. The van der Waals surface area contributed by atoms with Gasteiger partial charge in [0, 0.05) is 13.1 Å². The van der Waals surface area contributed by atoms with Crippen molar-refractivity contribution >= 4 is 69.8 Å². The molecule has 0 spiro atoms. The van der Waals surface area contributed by atoms with Crippen molar-refractivity contribution in [1.82, 2.24) is 4.90 Å². The smallest absolute Gasteiger partial charge is 0.164 e. The number of aliphatic imine (C=N–C) groups is 1. The Morgan fingerprint density at radius 2 is 1.31 bits per heavy atom. The molecule has 0 unspecified atom stereocenters. The third kappa shape index (κ3) is 7.47. The van der Waals surface area contributed by atoms with Gasteiger partial charge in [0.25, 0.3) is 0 Å². The lowest BCUT2D eigenvalue weighted by Crippen LogP contribution is -2.27. The summed E-state index contributed by atoms with van der Waals surface area (Å²) >= 11 is 13.8. The fraction of sp³-hybridized carbons (Fsp3) is 0.208. The van der Waals surface area contributed by atoms with Crippen LogP contribution in [0, 0.1) is 0 Å². The normalized spacial score (nSPS) is 11.0. The quantitative estimate of drug-likeness (QED) is 0.158. The molecule has 0 bridgehead atoms. The molecule has 0 N–H and O–H groups in total. The van der Waals surface area contributed by atoms with Crippen LogP contribution in [0.25, 0.3) is 0 Å². The van der Waals surface area contributed by atoms with Crippen LogP contribution in [0.5, 0.6) is 11.5 Å². The lowest BCUT2D eigenvalue weighted by Gasteiger charge is -2.26. The van der Waals surface area contributed by atoms with Crippen LogP contribution in [-0.2, 0) is 13.1 Å². The molecule has 0 saturated heterocycles. The zero-order valence-corrected chi connectivity index (χ0v) is 22.7. The highest BCUT2D eigenvalue weighted by Crippen LogP contribution is 2.28. The molecule has 8 heteroatoms.